The highest BCUT2D eigenvalue weighted by molar-refractivity contribution is 7.14. The standard InChI is InChI=1S/C20H12F3N3OS/c21-20(22,23)17-14(12-5-2-1-3-6-12)11-15(28-17)19(27)26-16-9-8-13-7-4-10-24-18(13)25-16/h1-11H,(H,24,25,26,27). The average molecular weight is 399 g/mol. The molecule has 0 aliphatic carbocycles. The van der Waals surface area contributed by atoms with E-state index in [1.54, 1.807) is 54.7 Å². The first kappa shape index (κ1) is 18.1. The summed E-state index contributed by atoms with van der Waals surface area (Å²) < 4.78 is 40.4. The van der Waals surface area contributed by atoms with Crippen LogP contribution in [0.2, 0.25) is 0 Å². The van der Waals surface area contributed by atoms with Crippen LogP contribution in [-0.2, 0) is 6.18 Å². The maximum absolute atomic E-state index is 13.5. The molecule has 0 saturated carbocycles. The predicted octanol–water partition coefficient (Wildman–Crippen LogP) is 5.63. The van der Waals surface area contributed by atoms with Gasteiger partial charge in [-0.25, -0.2) is 9.97 Å². The summed E-state index contributed by atoms with van der Waals surface area (Å²) in [6.07, 6.45) is -2.98. The molecule has 28 heavy (non-hydrogen) atoms. The lowest BCUT2D eigenvalue weighted by Crippen LogP contribution is -2.11. The lowest BCUT2D eigenvalue weighted by molar-refractivity contribution is -0.133. The van der Waals surface area contributed by atoms with E-state index in [-0.39, 0.29) is 16.3 Å². The first-order chi connectivity index (χ1) is 13.4. The number of amides is 1. The molecule has 0 saturated heterocycles. The zero-order valence-corrected chi connectivity index (χ0v) is 15.0. The number of carbonyl (C=O) groups excluding carboxylic acids is 1. The Bertz CT molecular complexity index is 1160. The van der Waals surface area contributed by atoms with Crippen molar-refractivity contribution in [2.45, 2.75) is 6.18 Å². The van der Waals surface area contributed by atoms with Crippen LogP contribution in [0.25, 0.3) is 22.2 Å². The highest BCUT2D eigenvalue weighted by atomic mass is 32.1. The molecule has 0 atom stereocenters. The van der Waals surface area contributed by atoms with E-state index in [0.29, 0.717) is 22.5 Å². The molecule has 0 aliphatic rings. The van der Waals surface area contributed by atoms with Crippen LogP contribution in [0.4, 0.5) is 19.0 Å². The Kier molecular flexibility index (Phi) is 4.56. The number of halogens is 3. The van der Waals surface area contributed by atoms with E-state index in [4.69, 9.17) is 0 Å². The van der Waals surface area contributed by atoms with Gasteiger partial charge in [0.2, 0.25) is 0 Å². The third-order valence-corrected chi connectivity index (χ3v) is 5.18. The van der Waals surface area contributed by atoms with E-state index in [2.05, 4.69) is 15.3 Å². The van der Waals surface area contributed by atoms with Crippen LogP contribution in [0.5, 0.6) is 0 Å². The van der Waals surface area contributed by atoms with Gasteiger partial charge in [0.25, 0.3) is 5.91 Å². The number of pyridine rings is 2. The molecular formula is C20H12F3N3OS. The third-order valence-electron chi connectivity index (χ3n) is 4.00. The molecule has 0 unspecified atom stereocenters. The monoisotopic (exact) mass is 399 g/mol. The number of benzene rings is 1. The number of nitrogens with one attached hydrogen (secondary N) is 1. The van der Waals surface area contributed by atoms with Crippen LogP contribution in [0.15, 0.2) is 66.9 Å². The molecule has 0 radical (unpaired) electrons. The number of hydrogen-bond donors (Lipinski definition) is 1. The van der Waals surface area contributed by atoms with E-state index >= 15 is 0 Å². The van der Waals surface area contributed by atoms with Crippen LogP contribution < -0.4 is 5.32 Å². The number of carbonyl (C=O) groups is 1. The topological polar surface area (TPSA) is 54.9 Å². The van der Waals surface area contributed by atoms with Crippen molar-refractivity contribution in [3.8, 4) is 11.1 Å². The van der Waals surface area contributed by atoms with Crippen LogP contribution in [0.3, 0.4) is 0 Å². The van der Waals surface area contributed by atoms with Gasteiger partial charge in [0, 0.05) is 17.1 Å². The molecule has 4 nitrogen and oxygen atoms in total. The summed E-state index contributed by atoms with van der Waals surface area (Å²) in [7, 11) is 0. The Hall–Kier alpha value is -3.26. The van der Waals surface area contributed by atoms with Crippen LogP contribution >= 0.6 is 11.3 Å². The maximum Gasteiger partial charge on any atom is 0.426 e. The molecule has 1 N–H and O–H groups in total. The Labute approximate surface area is 161 Å². The van der Waals surface area contributed by atoms with Crippen LogP contribution in [-0.4, -0.2) is 15.9 Å². The van der Waals surface area contributed by atoms with Gasteiger partial charge in [0.1, 0.15) is 10.7 Å². The van der Waals surface area contributed by atoms with Gasteiger partial charge < -0.3 is 5.32 Å². The molecule has 1 aromatic carbocycles. The number of hydrogen-bond acceptors (Lipinski definition) is 4. The summed E-state index contributed by atoms with van der Waals surface area (Å²) in [4.78, 5) is 20.0. The molecule has 1 amide bonds. The fraction of sp³-hybridized carbons (Fsp3) is 0.0500. The number of nitrogens with zero attached hydrogens (tertiary/aromatic N) is 2. The van der Waals surface area contributed by atoms with E-state index in [1.807, 2.05) is 6.07 Å². The molecular weight excluding hydrogens is 387 g/mol. The first-order valence-electron chi connectivity index (χ1n) is 8.21. The van der Waals surface area contributed by atoms with Crippen molar-refractivity contribution in [1.82, 2.24) is 9.97 Å². The third kappa shape index (κ3) is 3.59. The van der Waals surface area contributed by atoms with Gasteiger partial charge in [0.15, 0.2) is 5.65 Å². The summed E-state index contributed by atoms with van der Waals surface area (Å²) in [5.74, 6) is -0.431. The SMILES string of the molecule is O=C(Nc1ccc2cccnc2n1)c1cc(-c2ccccc2)c(C(F)(F)F)s1. The number of aromatic nitrogens is 2. The zero-order valence-electron chi connectivity index (χ0n) is 14.2. The number of fused-ring (bicyclic) bond motifs is 1. The Morgan fingerprint density at radius 3 is 2.54 bits per heavy atom. The molecule has 8 heteroatoms. The minimum Gasteiger partial charge on any atom is -0.306 e. The second-order valence-electron chi connectivity index (χ2n) is 5.92. The molecule has 0 bridgehead atoms. The fourth-order valence-corrected chi connectivity index (χ4v) is 3.69. The average Bonchev–Trinajstić information content (AvgIpc) is 3.15. The van der Waals surface area contributed by atoms with Crippen molar-refractivity contribution in [3.05, 3.63) is 76.6 Å². The highest BCUT2D eigenvalue weighted by Crippen LogP contribution is 2.42. The maximum atomic E-state index is 13.5. The number of anilines is 1. The summed E-state index contributed by atoms with van der Waals surface area (Å²) in [5.41, 5.74) is 0.821. The van der Waals surface area contributed by atoms with Crippen molar-refractivity contribution < 1.29 is 18.0 Å². The predicted molar refractivity (Wildman–Crippen MR) is 102 cm³/mol. The quantitative estimate of drug-likeness (QED) is 0.486. The Balaban J connectivity index is 1.68. The zero-order chi connectivity index (χ0) is 19.7. The van der Waals surface area contributed by atoms with Gasteiger partial charge >= 0.3 is 6.18 Å². The first-order valence-corrected chi connectivity index (χ1v) is 9.03. The minimum atomic E-state index is -4.56. The number of rotatable bonds is 3. The summed E-state index contributed by atoms with van der Waals surface area (Å²) in [5, 5.41) is 3.34. The molecule has 0 spiro atoms. The largest absolute Gasteiger partial charge is 0.426 e. The van der Waals surface area contributed by atoms with Gasteiger partial charge in [-0.2, -0.15) is 13.2 Å². The smallest absolute Gasteiger partial charge is 0.306 e. The number of alkyl halides is 3. The van der Waals surface area contributed by atoms with Crippen molar-refractivity contribution in [2.24, 2.45) is 0 Å². The van der Waals surface area contributed by atoms with E-state index in [1.165, 1.54) is 6.07 Å². The Morgan fingerprint density at radius 1 is 1.00 bits per heavy atom. The summed E-state index contributed by atoms with van der Waals surface area (Å²) in [6.45, 7) is 0. The minimum absolute atomic E-state index is 0.0172. The molecule has 0 fully saturated rings. The number of thiophene rings is 1. The second kappa shape index (κ2) is 7.05. The summed E-state index contributed by atoms with van der Waals surface area (Å²) >= 11 is 0.412. The van der Waals surface area contributed by atoms with Crippen molar-refractivity contribution >= 4 is 34.1 Å². The molecule has 3 aromatic heterocycles. The Morgan fingerprint density at radius 2 is 1.79 bits per heavy atom. The van der Waals surface area contributed by atoms with Gasteiger partial charge in [-0.05, 0) is 35.9 Å². The van der Waals surface area contributed by atoms with Crippen LogP contribution in [0, 0.1) is 0 Å². The lowest BCUT2D eigenvalue weighted by Gasteiger charge is -2.07. The van der Waals surface area contributed by atoms with Gasteiger partial charge in [-0.1, -0.05) is 30.3 Å². The molecule has 3 heterocycles. The fourth-order valence-electron chi connectivity index (χ4n) is 2.75. The van der Waals surface area contributed by atoms with Crippen molar-refractivity contribution in [3.63, 3.8) is 0 Å². The van der Waals surface area contributed by atoms with Crippen LogP contribution in [0.1, 0.15) is 14.5 Å². The second-order valence-corrected chi connectivity index (χ2v) is 6.97. The molecule has 0 aliphatic heterocycles. The van der Waals surface area contributed by atoms with Crippen molar-refractivity contribution in [2.75, 3.05) is 5.32 Å². The van der Waals surface area contributed by atoms with Crippen molar-refractivity contribution in [1.29, 1.82) is 0 Å². The van der Waals surface area contributed by atoms with Gasteiger partial charge in [-0.3, -0.25) is 4.79 Å². The lowest BCUT2D eigenvalue weighted by atomic mass is 10.1. The van der Waals surface area contributed by atoms with Gasteiger partial charge in [0.05, 0.1) is 4.88 Å². The van der Waals surface area contributed by atoms with E-state index < -0.39 is 17.0 Å². The molecule has 140 valence electrons. The normalized spacial score (nSPS) is 11.5. The summed E-state index contributed by atoms with van der Waals surface area (Å²) in [6, 6.07) is 16.3. The molecule has 4 rings (SSSR count). The van der Waals surface area contributed by atoms with E-state index in [0.717, 1.165) is 5.39 Å². The van der Waals surface area contributed by atoms with Gasteiger partial charge in [-0.15, -0.1) is 11.3 Å². The highest BCUT2D eigenvalue weighted by Gasteiger charge is 2.37. The molecule has 4 aromatic rings. The van der Waals surface area contributed by atoms with E-state index in [9.17, 15) is 18.0 Å².